The van der Waals surface area contributed by atoms with Crippen molar-refractivity contribution in [2.75, 3.05) is 0 Å². The average Bonchev–Trinajstić information content (AvgIpc) is 2.80. The summed E-state index contributed by atoms with van der Waals surface area (Å²) < 4.78 is 3.22. The highest BCUT2D eigenvalue weighted by Gasteiger charge is 2.17. The second-order valence-corrected chi connectivity index (χ2v) is 4.55. The molecule has 0 aliphatic rings. The van der Waals surface area contributed by atoms with Crippen LogP contribution in [0.2, 0.25) is 0 Å². The highest BCUT2D eigenvalue weighted by atomic mass is 16.4. The average molecular weight is 276 g/mol. The Hall–Kier alpha value is -2.44. The molecule has 0 radical (unpaired) electrons. The summed E-state index contributed by atoms with van der Waals surface area (Å²) in [6.07, 6.45) is 1.59. The van der Waals surface area contributed by atoms with Gasteiger partial charge in [-0.05, 0) is 26.3 Å². The van der Waals surface area contributed by atoms with Gasteiger partial charge in [0.1, 0.15) is 6.33 Å². The molecule has 2 rings (SSSR count). The zero-order valence-corrected chi connectivity index (χ0v) is 11.6. The van der Waals surface area contributed by atoms with Crippen LogP contribution in [-0.4, -0.2) is 30.4 Å². The van der Waals surface area contributed by atoms with E-state index >= 15 is 0 Å². The van der Waals surface area contributed by atoms with Crippen molar-refractivity contribution < 1.29 is 9.90 Å². The fraction of sp³-hybridized carbons (Fsp3) is 0.385. The summed E-state index contributed by atoms with van der Waals surface area (Å²) in [4.78, 5) is 23.4. The summed E-state index contributed by atoms with van der Waals surface area (Å²) in [5.74, 6) is -0.413. The minimum absolute atomic E-state index is 0.159. The molecule has 0 atom stereocenters. The van der Waals surface area contributed by atoms with E-state index in [0.717, 1.165) is 0 Å². The van der Waals surface area contributed by atoms with Crippen molar-refractivity contribution in [1.82, 2.24) is 19.3 Å². The van der Waals surface area contributed by atoms with Crippen molar-refractivity contribution in [2.45, 2.75) is 33.9 Å². The number of pyridine rings is 1. The third-order valence-electron chi connectivity index (χ3n) is 3.32. The van der Waals surface area contributed by atoms with Crippen molar-refractivity contribution in [3.8, 4) is 0 Å². The number of carboxylic acid groups (broad SMARTS) is 1. The first-order valence-corrected chi connectivity index (χ1v) is 6.26. The lowest BCUT2D eigenvalue weighted by Crippen LogP contribution is -2.27. The monoisotopic (exact) mass is 276 g/mol. The Morgan fingerprint density at radius 2 is 2.10 bits per heavy atom. The molecule has 2 heterocycles. The van der Waals surface area contributed by atoms with Gasteiger partial charge in [0.2, 0.25) is 0 Å². The van der Waals surface area contributed by atoms with Crippen LogP contribution in [0.5, 0.6) is 0 Å². The summed E-state index contributed by atoms with van der Waals surface area (Å²) in [6.45, 7) is 6.09. The number of hydrogen-bond donors (Lipinski definition) is 1. The predicted octanol–water partition coefficient (Wildman–Crippen LogP) is 0.823. The van der Waals surface area contributed by atoms with E-state index in [-0.39, 0.29) is 17.7 Å². The lowest BCUT2D eigenvalue weighted by molar-refractivity contribution is 0.0694. The zero-order chi connectivity index (χ0) is 14.9. The van der Waals surface area contributed by atoms with E-state index in [1.165, 1.54) is 10.6 Å². The first kappa shape index (κ1) is 14.0. The van der Waals surface area contributed by atoms with E-state index in [1.54, 1.807) is 20.2 Å². The quantitative estimate of drug-likeness (QED) is 0.893. The lowest BCUT2D eigenvalue weighted by atomic mass is 10.1. The van der Waals surface area contributed by atoms with Crippen LogP contribution in [0.3, 0.4) is 0 Å². The topological polar surface area (TPSA) is 90.0 Å². The summed E-state index contributed by atoms with van der Waals surface area (Å²) in [5.41, 5.74) is 0.809. The number of aromatic carboxylic acids is 1. The minimum atomic E-state index is -1.04. The Balaban J connectivity index is 2.55. The highest BCUT2D eigenvalue weighted by Crippen LogP contribution is 2.12. The lowest BCUT2D eigenvalue weighted by Gasteiger charge is -2.13. The molecule has 20 heavy (non-hydrogen) atoms. The first-order chi connectivity index (χ1) is 9.45. The van der Waals surface area contributed by atoms with Crippen LogP contribution in [0, 0.1) is 13.8 Å². The molecule has 2 aromatic rings. The maximum atomic E-state index is 12.1. The Morgan fingerprint density at radius 1 is 1.40 bits per heavy atom. The normalized spacial score (nSPS) is 10.8. The van der Waals surface area contributed by atoms with Gasteiger partial charge >= 0.3 is 5.97 Å². The Kier molecular flexibility index (Phi) is 3.69. The van der Waals surface area contributed by atoms with Crippen LogP contribution < -0.4 is 5.56 Å². The van der Waals surface area contributed by atoms with Crippen molar-refractivity contribution in [1.29, 1.82) is 0 Å². The van der Waals surface area contributed by atoms with E-state index in [2.05, 4.69) is 10.2 Å². The molecule has 1 N–H and O–H groups in total. The number of aryl methyl sites for hydroxylation is 2. The van der Waals surface area contributed by atoms with Gasteiger partial charge in [-0.3, -0.25) is 4.79 Å². The smallest absolute Gasteiger partial charge is 0.337 e. The van der Waals surface area contributed by atoms with Crippen molar-refractivity contribution >= 4 is 5.97 Å². The van der Waals surface area contributed by atoms with Gasteiger partial charge in [-0.15, -0.1) is 10.2 Å². The minimum Gasteiger partial charge on any atom is -0.478 e. The molecule has 0 aliphatic heterocycles. The predicted molar refractivity (Wildman–Crippen MR) is 71.9 cm³/mol. The SMILES string of the molecule is CCn1cnnc1Cn1c(C)c(C(=O)O)c(C)cc1=O. The van der Waals surface area contributed by atoms with E-state index in [1.807, 2.05) is 11.5 Å². The maximum absolute atomic E-state index is 12.1. The molecule has 2 aromatic heterocycles. The van der Waals surface area contributed by atoms with Crippen LogP contribution in [0.1, 0.15) is 34.4 Å². The molecule has 0 amide bonds. The number of hydrogen-bond acceptors (Lipinski definition) is 4. The fourth-order valence-electron chi connectivity index (χ4n) is 2.25. The van der Waals surface area contributed by atoms with E-state index < -0.39 is 5.97 Å². The summed E-state index contributed by atoms with van der Waals surface area (Å²) in [5, 5.41) is 17.0. The number of rotatable bonds is 4. The Morgan fingerprint density at radius 3 is 2.70 bits per heavy atom. The van der Waals surface area contributed by atoms with Gasteiger partial charge in [-0.25, -0.2) is 4.79 Å². The third kappa shape index (κ3) is 2.34. The van der Waals surface area contributed by atoms with Gasteiger partial charge in [0.25, 0.3) is 5.56 Å². The molecule has 0 fully saturated rings. The van der Waals surface area contributed by atoms with Gasteiger partial charge in [0.15, 0.2) is 5.82 Å². The maximum Gasteiger partial charge on any atom is 0.337 e. The molecule has 0 spiro atoms. The molecular formula is C13H16N4O3. The summed E-state index contributed by atoms with van der Waals surface area (Å²) in [6, 6.07) is 1.34. The molecule has 7 nitrogen and oxygen atoms in total. The van der Waals surface area contributed by atoms with E-state index in [9.17, 15) is 14.7 Å². The zero-order valence-electron chi connectivity index (χ0n) is 11.6. The van der Waals surface area contributed by atoms with Gasteiger partial charge in [-0.1, -0.05) is 0 Å². The van der Waals surface area contributed by atoms with Gasteiger partial charge in [-0.2, -0.15) is 0 Å². The van der Waals surface area contributed by atoms with E-state index in [4.69, 9.17) is 0 Å². The molecule has 0 aromatic carbocycles. The number of aromatic nitrogens is 4. The van der Waals surface area contributed by atoms with Crippen LogP contribution in [-0.2, 0) is 13.1 Å². The van der Waals surface area contributed by atoms with Crippen molar-refractivity contribution in [3.63, 3.8) is 0 Å². The molecule has 0 saturated heterocycles. The first-order valence-electron chi connectivity index (χ1n) is 6.26. The number of nitrogens with zero attached hydrogens (tertiary/aromatic N) is 4. The third-order valence-corrected chi connectivity index (χ3v) is 3.32. The second kappa shape index (κ2) is 5.28. The second-order valence-electron chi connectivity index (χ2n) is 4.55. The molecular weight excluding hydrogens is 260 g/mol. The molecule has 0 aliphatic carbocycles. The van der Waals surface area contributed by atoms with Gasteiger partial charge < -0.3 is 14.2 Å². The van der Waals surface area contributed by atoms with Crippen LogP contribution in [0.25, 0.3) is 0 Å². The van der Waals surface area contributed by atoms with Crippen LogP contribution in [0.4, 0.5) is 0 Å². The van der Waals surface area contributed by atoms with Crippen LogP contribution >= 0.6 is 0 Å². The van der Waals surface area contributed by atoms with E-state index in [0.29, 0.717) is 23.6 Å². The summed E-state index contributed by atoms with van der Waals surface area (Å²) in [7, 11) is 0. The number of carbonyl (C=O) groups is 1. The fourth-order valence-corrected chi connectivity index (χ4v) is 2.25. The van der Waals surface area contributed by atoms with Crippen LogP contribution in [0.15, 0.2) is 17.2 Å². The molecule has 0 unspecified atom stereocenters. The molecule has 0 saturated carbocycles. The van der Waals surface area contributed by atoms with Gasteiger partial charge in [0, 0.05) is 18.3 Å². The highest BCUT2D eigenvalue weighted by molar-refractivity contribution is 5.90. The van der Waals surface area contributed by atoms with Gasteiger partial charge in [0.05, 0.1) is 12.1 Å². The van der Waals surface area contributed by atoms with Crippen molar-refractivity contribution in [2.24, 2.45) is 0 Å². The van der Waals surface area contributed by atoms with Crippen molar-refractivity contribution in [3.05, 3.63) is 45.4 Å². The Bertz CT molecular complexity index is 715. The molecule has 7 heteroatoms. The Labute approximate surface area is 115 Å². The molecule has 0 bridgehead atoms. The molecule has 106 valence electrons. The number of carboxylic acids is 1. The summed E-state index contributed by atoms with van der Waals surface area (Å²) >= 11 is 0. The largest absolute Gasteiger partial charge is 0.478 e. The standard InChI is InChI=1S/C13H16N4O3/c1-4-16-7-14-15-10(16)6-17-9(3)12(13(19)20)8(2)5-11(17)18/h5,7H,4,6H2,1-3H3,(H,19,20).